The topological polar surface area (TPSA) is 61.0 Å². The number of H-pyrrole nitrogens is 1. The molecule has 4 rings (SSSR count). The van der Waals surface area contributed by atoms with Crippen LogP contribution in [-0.4, -0.2) is 34.6 Å². The van der Waals surface area contributed by atoms with Crippen molar-refractivity contribution < 1.29 is 4.79 Å². The molecule has 3 aromatic rings. The summed E-state index contributed by atoms with van der Waals surface area (Å²) >= 11 is 0. The van der Waals surface area contributed by atoms with Crippen molar-refractivity contribution in [1.82, 2.24) is 15.1 Å². The van der Waals surface area contributed by atoms with E-state index in [0.29, 0.717) is 0 Å². The Morgan fingerprint density at radius 3 is 3.04 bits per heavy atom. The first-order valence-electron chi connectivity index (χ1n) is 8.41. The number of fused-ring (bicyclic) bond motifs is 2. The second kappa shape index (κ2) is 6.53. The lowest BCUT2D eigenvalue weighted by Crippen LogP contribution is -2.26. The first-order valence-corrected chi connectivity index (χ1v) is 8.41. The Morgan fingerprint density at radius 2 is 2.12 bits per heavy atom. The van der Waals surface area contributed by atoms with Crippen LogP contribution in [0.4, 0.5) is 5.69 Å². The zero-order valence-corrected chi connectivity index (χ0v) is 14.1. The molecule has 0 bridgehead atoms. The number of benzene rings is 2. The van der Waals surface area contributed by atoms with Crippen molar-refractivity contribution in [2.24, 2.45) is 0 Å². The van der Waals surface area contributed by atoms with Gasteiger partial charge in [0.05, 0.1) is 11.2 Å². The van der Waals surface area contributed by atoms with Crippen LogP contribution >= 0.6 is 0 Å². The molecule has 2 heterocycles. The zero-order valence-electron chi connectivity index (χ0n) is 14.1. The molecule has 5 nitrogen and oxygen atoms in total. The Balaban J connectivity index is 1.48. The molecule has 1 amide bonds. The number of amides is 1. The van der Waals surface area contributed by atoms with E-state index in [2.05, 4.69) is 39.6 Å². The summed E-state index contributed by atoms with van der Waals surface area (Å²) in [5, 5.41) is 11.1. The number of anilines is 1. The maximum Gasteiger partial charge on any atom is 0.248 e. The van der Waals surface area contributed by atoms with Crippen molar-refractivity contribution in [3.8, 4) is 0 Å². The lowest BCUT2D eigenvalue weighted by Gasteiger charge is -2.25. The molecule has 0 saturated carbocycles. The van der Waals surface area contributed by atoms with Crippen LogP contribution in [0.3, 0.4) is 0 Å². The lowest BCUT2D eigenvalue weighted by molar-refractivity contribution is -0.111. The summed E-state index contributed by atoms with van der Waals surface area (Å²) in [4.78, 5) is 14.5. The number of hydrogen-bond acceptors (Lipinski definition) is 3. The summed E-state index contributed by atoms with van der Waals surface area (Å²) in [5.41, 5.74) is 5.21. The van der Waals surface area contributed by atoms with E-state index < -0.39 is 0 Å². The molecule has 0 radical (unpaired) electrons. The van der Waals surface area contributed by atoms with Crippen molar-refractivity contribution in [2.45, 2.75) is 13.0 Å². The van der Waals surface area contributed by atoms with E-state index in [0.717, 1.165) is 41.8 Å². The third kappa shape index (κ3) is 3.32. The van der Waals surface area contributed by atoms with Crippen molar-refractivity contribution in [3.63, 3.8) is 0 Å². The summed E-state index contributed by atoms with van der Waals surface area (Å²) in [6.45, 7) is 2.01. The van der Waals surface area contributed by atoms with Gasteiger partial charge in [0.15, 0.2) is 0 Å². The van der Waals surface area contributed by atoms with E-state index in [9.17, 15) is 4.79 Å². The molecule has 1 aromatic heterocycles. The largest absolute Gasteiger partial charge is 0.323 e. The fourth-order valence-corrected chi connectivity index (χ4v) is 3.23. The fraction of sp³-hybridized carbons (Fsp3) is 0.200. The first-order chi connectivity index (χ1) is 12.2. The van der Waals surface area contributed by atoms with E-state index in [-0.39, 0.29) is 5.91 Å². The van der Waals surface area contributed by atoms with Crippen LogP contribution in [0, 0.1) is 0 Å². The second-order valence-corrected chi connectivity index (χ2v) is 6.45. The van der Waals surface area contributed by atoms with Gasteiger partial charge in [0.25, 0.3) is 0 Å². The highest BCUT2D eigenvalue weighted by molar-refractivity contribution is 6.03. The van der Waals surface area contributed by atoms with Gasteiger partial charge in [0.1, 0.15) is 0 Å². The summed E-state index contributed by atoms with van der Waals surface area (Å²) < 4.78 is 0. The van der Waals surface area contributed by atoms with Crippen LogP contribution in [0.5, 0.6) is 0 Å². The SMILES string of the molecule is CN1CCc2ccc(NC(=O)C=Cc3n[nH]c4ccccc34)cc2C1. The molecular weight excluding hydrogens is 312 g/mol. The highest BCUT2D eigenvalue weighted by Crippen LogP contribution is 2.22. The Bertz CT molecular complexity index is 957. The van der Waals surface area contributed by atoms with Gasteiger partial charge in [-0.1, -0.05) is 24.3 Å². The van der Waals surface area contributed by atoms with Crippen molar-refractivity contribution in [2.75, 3.05) is 18.9 Å². The van der Waals surface area contributed by atoms with Gasteiger partial charge < -0.3 is 10.2 Å². The number of likely N-dealkylation sites (N-methyl/N-ethyl adjacent to an activating group) is 1. The number of para-hydroxylation sites is 1. The number of aromatic nitrogens is 2. The molecule has 126 valence electrons. The normalized spacial score (nSPS) is 14.8. The molecule has 0 atom stereocenters. The molecule has 5 heteroatoms. The molecule has 2 aromatic carbocycles. The van der Waals surface area contributed by atoms with E-state index in [1.165, 1.54) is 17.2 Å². The number of nitrogens with zero attached hydrogens (tertiary/aromatic N) is 2. The second-order valence-electron chi connectivity index (χ2n) is 6.45. The minimum absolute atomic E-state index is 0.156. The molecule has 0 unspecified atom stereocenters. The number of rotatable bonds is 3. The fourth-order valence-electron chi connectivity index (χ4n) is 3.23. The lowest BCUT2D eigenvalue weighted by atomic mass is 9.99. The molecule has 1 aliphatic rings. The Morgan fingerprint density at radius 1 is 1.24 bits per heavy atom. The summed E-state index contributed by atoms with van der Waals surface area (Å²) in [7, 11) is 2.12. The molecule has 25 heavy (non-hydrogen) atoms. The average molecular weight is 332 g/mol. The third-order valence-corrected chi connectivity index (χ3v) is 4.57. The number of hydrogen-bond donors (Lipinski definition) is 2. The Labute approximate surface area is 146 Å². The predicted octanol–water partition coefficient (Wildman–Crippen LogP) is 3.20. The highest BCUT2D eigenvalue weighted by Gasteiger charge is 2.13. The summed E-state index contributed by atoms with van der Waals surface area (Å²) in [5.74, 6) is -0.156. The molecule has 0 saturated heterocycles. The Kier molecular flexibility index (Phi) is 4.07. The minimum atomic E-state index is -0.156. The molecule has 2 N–H and O–H groups in total. The van der Waals surface area contributed by atoms with Gasteiger partial charge in [-0.15, -0.1) is 0 Å². The van der Waals surface area contributed by atoms with Gasteiger partial charge in [-0.2, -0.15) is 5.10 Å². The minimum Gasteiger partial charge on any atom is -0.323 e. The maximum absolute atomic E-state index is 12.2. The van der Waals surface area contributed by atoms with Crippen molar-refractivity contribution in [3.05, 3.63) is 65.4 Å². The van der Waals surface area contributed by atoms with E-state index in [1.54, 1.807) is 6.08 Å². The summed E-state index contributed by atoms with van der Waals surface area (Å²) in [6.07, 6.45) is 4.32. The predicted molar refractivity (Wildman–Crippen MR) is 100 cm³/mol. The van der Waals surface area contributed by atoms with Crippen LogP contribution in [0.1, 0.15) is 16.8 Å². The van der Waals surface area contributed by atoms with Gasteiger partial charge in [0.2, 0.25) is 5.91 Å². The van der Waals surface area contributed by atoms with E-state index in [1.807, 2.05) is 30.3 Å². The van der Waals surface area contributed by atoms with Crippen molar-refractivity contribution >= 4 is 28.6 Å². The number of nitrogens with one attached hydrogen (secondary N) is 2. The zero-order chi connectivity index (χ0) is 17.2. The van der Waals surface area contributed by atoms with Gasteiger partial charge in [-0.05, 0) is 48.9 Å². The molecule has 0 aliphatic carbocycles. The molecule has 1 aliphatic heterocycles. The van der Waals surface area contributed by atoms with Gasteiger partial charge >= 0.3 is 0 Å². The number of aromatic amines is 1. The van der Waals surface area contributed by atoms with Crippen LogP contribution in [-0.2, 0) is 17.8 Å². The van der Waals surface area contributed by atoms with Crippen LogP contribution in [0.15, 0.2) is 48.5 Å². The van der Waals surface area contributed by atoms with Crippen LogP contribution < -0.4 is 5.32 Å². The highest BCUT2D eigenvalue weighted by atomic mass is 16.1. The Hall–Kier alpha value is -2.92. The standard InChI is InChI=1S/C20H20N4O/c1-24-11-10-14-6-7-16(12-15(14)13-24)21-20(25)9-8-19-17-4-2-3-5-18(17)22-23-19/h2-9,12H,10-11,13H2,1H3,(H,21,25)(H,22,23). The van der Waals surface area contributed by atoms with Crippen molar-refractivity contribution in [1.29, 1.82) is 0 Å². The van der Waals surface area contributed by atoms with Gasteiger partial charge in [-0.3, -0.25) is 9.89 Å². The maximum atomic E-state index is 12.2. The average Bonchev–Trinajstić information content (AvgIpc) is 3.03. The third-order valence-electron chi connectivity index (χ3n) is 4.57. The number of carbonyl (C=O) groups excluding carboxylic acids is 1. The molecule has 0 spiro atoms. The quantitative estimate of drug-likeness (QED) is 0.724. The van der Waals surface area contributed by atoms with Gasteiger partial charge in [0, 0.05) is 30.2 Å². The smallest absolute Gasteiger partial charge is 0.248 e. The number of carbonyl (C=O) groups is 1. The summed E-state index contributed by atoms with van der Waals surface area (Å²) in [6, 6.07) is 14.0. The van der Waals surface area contributed by atoms with Crippen LogP contribution in [0.25, 0.3) is 17.0 Å². The molecular formula is C20H20N4O. The molecule has 0 fully saturated rings. The first kappa shape index (κ1) is 15.6. The van der Waals surface area contributed by atoms with Gasteiger partial charge in [-0.25, -0.2) is 0 Å². The van der Waals surface area contributed by atoms with E-state index in [4.69, 9.17) is 0 Å². The van der Waals surface area contributed by atoms with Crippen LogP contribution in [0.2, 0.25) is 0 Å². The van der Waals surface area contributed by atoms with E-state index >= 15 is 0 Å². The monoisotopic (exact) mass is 332 g/mol.